The van der Waals surface area contributed by atoms with Crippen molar-refractivity contribution in [2.75, 3.05) is 13.2 Å². The lowest BCUT2D eigenvalue weighted by molar-refractivity contribution is -0.167. The highest BCUT2D eigenvalue weighted by Gasteiger charge is 2.19. The van der Waals surface area contributed by atoms with Gasteiger partial charge in [0.25, 0.3) is 0 Å². The Labute approximate surface area is 498 Å². The summed E-state index contributed by atoms with van der Waals surface area (Å²) in [6.45, 7) is 6.50. The quantitative estimate of drug-likeness (QED) is 0.0261. The highest BCUT2D eigenvalue weighted by Crippen LogP contribution is 2.18. The Hall–Kier alpha value is -2.89. The van der Waals surface area contributed by atoms with Crippen LogP contribution < -0.4 is 0 Å². The van der Waals surface area contributed by atoms with E-state index >= 15 is 0 Å². The van der Waals surface area contributed by atoms with Crippen molar-refractivity contribution >= 4 is 17.9 Å². The molecule has 0 rings (SSSR count). The summed E-state index contributed by atoms with van der Waals surface area (Å²) in [4.78, 5) is 38.2. The summed E-state index contributed by atoms with van der Waals surface area (Å²) in [6.07, 6.45) is 88.6. The smallest absolute Gasteiger partial charge is 0.306 e. The Morgan fingerprint density at radius 1 is 0.263 bits per heavy atom. The zero-order chi connectivity index (χ0) is 57.8. The third-order valence-electron chi connectivity index (χ3n) is 15.7. The van der Waals surface area contributed by atoms with Crippen molar-refractivity contribution in [3.63, 3.8) is 0 Å². The summed E-state index contributed by atoms with van der Waals surface area (Å²) >= 11 is 0. The molecule has 0 aromatic rings. The first-order chi connectivity index (χ1) is 39.5. The van der Waals surface area contributed by atoms with Crippen LogP contribution in [0.15, 0.2) is 60.8 Å². The number of esters is 3. The third kappa shape index (κ3) is 65.9. The first kappa shape index (κ1) is 77.1. The van der Waals surface area contributed by atoms with E-state index in [4.69, 9.17) is 14.2 Å². The van der Waals surface area contributed by atoms with Gasteiger partial charge in [0.1, 0.15) is 13.2 Å². The Morgan fingerprint density at radius 3 is 0.825 bits per heavy atom. The zero-order valence-electron chi connectivity index (χ0n) is 53.6. The molecule has 6 nitrogen and oxygen atoms in total. The lowest BCUT2D eigenvalue weighted by Crippen LogP contribution is -2.30. The molecule has 0 radical (unpaired) electrons. The van der Waals surface area contributed by atoms with Crippen LogP contribution in [0, 0.1) is 0 Å². The van der Waals surface area contributed by atoms with Gasteiger partial charge in [0.15, 0.2) is 6.10 Å². The van der Waals surface area contributed by atoms with E-state index in [0.717, 1.165) is 96.3 Å². The molecule has 0 saturated carbocycles. The molecule has 1 atom stereocenters. The molecule has 0 bridgehead atoms. The molecule has 0 saturated heterocycles. The third-order valence-corrected chi connectivity index (χ3v) is 15.7. The van der Waals surface area contributed by atoms with Gasteiger partial charge in [-0.2, -0.15) is 0 Å². The fourth-order valence-corrected chi connectivity index (χ4v) is 10.5. The van der Waals surface area contributed by atoms with Gasteiger partial charge in [-0.25, -0.2) is 0 Å². The molecule has 0 aliphatic heterocycles. The van der Waals surface area contributed by atoms with Gasteiger partial charge in [-0.3, -0.25) is 14.4 Å². The minimum Gasteiger partial charge on any atom is -0.462 e. The molecule has 0 N–H and O–H groups in total. The Bertz CT molecular complexity index is 1430. The fourth-order valence-electron chi connectivity index (χ4n) is 10.5. The number of unbranched alkanes of at least 4 members (excludes halogenated alkanes) is 44. The highest BCUT2D eigenvalue weighted by molar-refractivity contribution is 5.71. The molecule has 0 aliphatic carbocycles. The van der Waals surface area contributed by atoms with E-state index in [0.29, 0.717) is 19.3 Å². The van der Waals surface area contributed by atoms with Gasteiger partial charge in [-0.05, 0) is 96.3 Å². The van der Waals surface area contributed by atoms with Crippen molar-refractivity contribution < 1.29 is 28.6 Å². The van der Waals surface area contributed by atoms with Crippen LogP contribution in [0.1, 0.15) is 374 Å². The van der Waals surface area contributed by atoms with Gasteiger partial charge < -0.3 is 14.2 Å². The minimum absolute atomic E-state index is 0.0778. The number of hydrogen-bond donors (Lipinski definition) is 0. The maximum absolute atomic E-state index is 12.9. The number of rotatable bonds is 65. The molecule has 0 spiro atoms. The SMILES string of the molecule is CC/C=C\C/C=C\C/C=C\CCCCCCCCCC(=O)OC(COC(=O)CCCCCCC/C=C\CCC)COC(=O)CCCCCCCCCCCCCCCCCCCCCCCCC/C=C\CCCCCCCCCC. The maximum atomic E-state index is 12.9. The van der Waals surface area contributed by atoms with E-state index in [1.54, 1.807) is 0 Å². The second-order valence-electron chi connectivity index (χ2n) is 23.8. The van der Waals surface area contributed by atoms with E-state index in [2.05, 4.69) is 81.5 Å². The molecule has 0 heterocycles. The van der Waals surface area contributed by atoms with Gasteiger partial charge >= 0.3 is 17.9 Å². The second kappa shape index (κ2) is 68.6. The molecule has 80 heavy (non-hydrogen) atoms. The standard InChI is InChI=1S/C74H134O6/c1-4-7-10-13-16-19-22-24-26-28-29-30-31-32-33-34-35-36-37-38-39-40-41-42-43-44-45-47-48-50-52-55-58-61-64-67-73(76)79-70-71(69-78-72(75)66-63-60-57-54-21-18-15-12-9-6-3)80-74(77)68-65-62-59-56-53-51-49-46-27-25-23-20-17-14-11-8-5-2/h8,11-12,15,17,20,25,27-29,71H,4-7,9-10,13-14,16,18-19,21-24,26,30-70H2,1-3H3/b11-8-,15-12-,20-17-,27-25-,29-28-. The molecular formula is C74H134O6. The van der Waals surface area contributed by atoms with E-state index in [9.17, 15) is 14.4 Å². The van der Waals surface area contributed by atoms with Crippen LogP contribution in [0.3, 0.4) is 0 Å². The molecule has 0 aromatic heterocycles. The topological polar surface area (TPSA) is 78.9 Å². The lowest BCUT2D eigenvalue weighted by atomic mass is 10.0. The molecule has 0 fully saturated rings. The molecule has 6 heteroatoms. The Balaban J connectivity index is 4.02. The number of ether oxygens (including phenoxy) is 3. The molecule has 0 amide bonds. The second-order valence-corrected chi connectivity index (χ2v) is 23.8. The summed E-state index contributed by atoms with van der Waals surface area (Å²) < 4.78 is 16.9. The van der Waals surface area contributed by atoms with Crippen LogP contribution in [0.2, 0.25) is 0 Å². The number of hydrogen-bond acceptors (Lipinski definition) is 6. The van der Waals surface area contributed by atoms with Crippen molar-refractivity contribution in [2.24, 2.45) is 0 Å². The largest absolute Gasteiger partial charge is 0.462 e. The monoisotopic (exact) mass is 1120 g/mol. The first-order valence-corrected chi connectivity index (χ1v) is 35.3. The number of allylic oxidation sites excluding steroid dienone is 10. The summed E-state index contributed by atoms with van der Waals surface area (Å²) in [6, 6.07) is 0. The van der Waals surface area contributed by atoms with E-state index in [1.807, 2.05) is 0 Å². The average molecular weight is 1120 g/mol. The maximum Gasteiger partial charge on any atom is 0.306 e. The van der Waals surface area contributed by atoms with Gasteiger partial charge in [-0.15, -0.1) is 0 Å². The van der Waals surface area contributed by atoms with Crippen LogP contribution in [0.25, 0.3) is 0 Å². The van der Waals surface area contributed by atoms with E-state index in [1.165, 1.54) is 238 Å². The van der Waals surface area contributed by atoms with Gasteiger partial charge in [0.2, 0.25) is 0 Å². The minimum atomic E-state index is -0.782. The van der Waals surface area contributed by atoms with Crippen LogP contribution in [0.4, 0.5) is 0 Å². The predicted molar refractivity (Wildman–Crippen MR) is 348 cm³/mol. The van der Waals surface area contributed by atoms with Crippen molar-refractivity contribution in [3.8, 4) is 0 Å². The highest BCUT2D eigenvalue weighted by atomic mass is 16.6. The van der Waals surface area contributed by atoms with Crippen LogP contribution in [0.5, 0.6) is 0 Å². The van der Waals surface area contributed by atoms with Crippen LogP contribution >= 0.6 is 0 Å². The molecule has 0 aromatic carbocycles. The van der Waals surface area contributed by atoms with Gasteiger partial charge in [0.05, 0.1) is 0 Å². The van der Waals surface area contributed by atoms with Gasteiger partial charge in [-0.1, -0.05) is 319 Å². The molecule has 1 unspecified atom stereocenters. The van der Waals surface area contributed by atoms with Crippen LogP contribution in [-0.2, 0) is 28.6 Å². The lowest BCUT2D eigenvalue weighted by Gasteiger charge is -2.18. The number of carbonyl (C=O) groups is 3. The zero-order valence-corrected chi connectivity index (χ0v) is 53.6. The molecule has 466 valence electrons. The summed E-state index contributed by atoms with van der Waals surface area (Å²) in [5.41, 5.74) is 0. The van der Waals surface area contributed by atoms with Crippen molar-refractivity contribution in [1.29, 1.82) is 0 Å². The van der Waals surface area contributed by atoms with E-state index in [-0.39, 0.29) is 31.1 Å². The number of carbonyl (C=O) groups excluding carboxylic acids is 3. The van der Waals surface area contributed by atoms with Crippen molar-refractivity contribution in [1.82, 2.24) is 0 Å². The Kier molecular flexibility index (Phi) is 66.1. The van der Waals surface area contributed by atoms with E-state index < -0.39 is 6.10 Å². The van der Waals surface area contributed by atoms with Crippen molar-refractivity contribution in [2.45, 2.75) is 380 Å². The average Bonchev–Trinajstić information content (AvgIpc) is 3.46. The summed E-state index contributed by atoms with van der Waals surface area (Å²) in [5.74, 6) is -0.881. The summed E-state index contributed by atoms with van der Waals surface area (Å²) in [5, 5.41) is 0. The normalized spacial score (nSPS) is 12.4. The molecule has 0 aliphatic rings. The summed E-state index contributed by atoms with van der Waals surface area (Å²) in [7, 11) is 0. The van der Waals surface area contributed by atoms with Crippen LogP contribution in [-0.4, -0.2) is 37.2 Å². The van der Waals surface area contributed by atoms with Crippen molar-refractivity contribution in [3.05, 3.63) is 60.8 Å². The van der Waals surface area contributed by atoms with Gasteiger partial charge in [0, 0.05) is 19.3 Å². The first-order valence-electron chi connectivity index (χ1n) is 35.3. The Morgan fingerprint density at radius 2 is 0.512 bits per heavy atom. The molecular weight excluding hydrogens is 985 g/mol. The predicted octanol–water partition coefficient (Wildman–Crippen LogP) is 24.3. The fraction of sp³-hybridized carbons (Fsp3) is 0.824.